The monoisotopic (exact) mass is 288 g/mol. The third-order valence-electron chi connectivity index (χ3n) is 3.78. The van der Waals surface area contributed by atoms with Crippen LogP contribution in [0.1, 0.15) is 20.7 Å². The van der Waals surface area contributed by atoms with Crippen molar-refractivity contribution in [2.24, 2.45) is 0 Å². The average Bonchev–Trinajstić information content (AvgIpc) is 2.84. The van der Waals surface area contributed by atoms with Gasteiger partial charge in [-0.15, -0.1) is 0 Å². The highest BCUT2D eigenvalue weighted by Crippen LogP contribution is 2.34. The van der Waals surface area contributed by atoms with Crippen LogP contribution < -0.4 is 10.6 Å². The molecule has 0 saturated heterocycles. The quantitative estimate of drug-likeness (QED) is 0.710. The van der Waals surface area contributed by atoms with Gasteiger partial charge in [0.2, 0.25) is 0 Å². The molecule has 2 N–H and O–H groups in total. The standard InChI is InChI=1S/C18H12N2O2/c21-17-15-13-9-5-4-6-11(13)10-14(16(15)18(22)20-17)19-12-7-2-1-3-8-12/h1-10,19H,(H,20,21,22). The van der Waals surface area contributed by atoms with E-state index in [2.05, 4.69) is 10.6 Å². The Morgan fingerprint density at radius 3 is 2.27 bits per heavy atom. The molecule has 0 fully saturated rings. The lowest BCUT2D eigenvalue weighted by molar-refractivity contribution is 0.0880. The molecule has 3 aromatic rings. The Bertz CT molecular complexity index is 917. The van der Waals surface area contributed by atoms with Gasteiger partial charge in [0.25, 0.3) is 11.8 Å². The number of benzene rings is 3. The number of hydrogen-bond donors (Lipinski definition) is 2. The molecule has 2 amide bonds. The molecule has 0 bridgehead atoms. The normalized spacial score (nSPS) is 13.1. The number of para-hydroxylation sites is 1. The van der Waals surface area contributed by atoms with Crippen molar-refractivity contribution in [3.63, 3.8) is 0 Å². The SMILES string of the molecule is O=C1NC(=O)c2c1c(Nc1ccccc1)cc1ccccc21. The fourth-order valence-corrected chi connectivity index (χ4v) is 2.82. The summed E-state index contributed by atoms with van der Waals surface area (Å²) in [7, 11) is 0. The lowest BCUT2D eigenvalue weighted by Gasteiger charge is -2.12. The largest absolute Gasteiger partial charge is 0.355 e. The van der Waals surface area contributed by atoms with Crippen LogP contribution in [0.4, 0.5) is 11.4 Å². The van der Waals surface area contributed by atoms with Gasteiger partial charge >= 0.3 is 0 Å². The summed E-state index contributed by atoms with van der Waals surface area (Å²) >= 11 is 0. The molecule has 0 saturated carbocycles. The Hall–Kier alpha value is -3.14. The van der Waals surface area contributed by atoms with Crippen molar-refractivity contribution < 1.29 is 9.59 Å². The van der Waals surface area contributed by atoms with Gasteiger partial charge in [-0.1, -0.05) is 42.5 Å². The van der Waals surface area contributed by atoms with E-state index in [9.17, 15) is 9.59 Å². The predicted octanol–water partition coefficient (Wildman–Crippen LogP) is 3.47. The minimum atomic E-state index is -0.357. The van der Waals surface area contributed by atoms with Crippen LogP contribution >= 0.6 is 0 Å². The summed E-state index contributed by atoms with van der Waals surface area (Å²) in [4.78, 5) is 24.3. The average molecular weight is 288 g/mol. The van der Waals surface area contributed by atoms with Crippen molar-refractivity contribution in [3.8, 4) is 0 Å². The molecule has 0 unspecified atom stereocenters. The van der Waals surface area contributed by atoms with Crippen molar-refractivity contribution in [1.29, 1.82) is 0 Å². The molecule has 1 heterocycles. The molecule has 0 atom stereocenters. The Morgan fingerprint density at radius 2 is 1.45 bits per heavy atom. The molecule has 22 heavy (non-hydrogen) atoms. The van der Waals surface area contributed by atoms with Crippen molar-refractivity contribution >= 4 is 34.0 Å². The Balaban J connectivity index is 1.97. The molecule has 3 aromatic carbocycles. The highest BCUT2D eigenvalue weighted by molar-refractivity contribution is 6.29. The van der Waals surface area contributed by atoms with Gasteiger partial charge in [-0.25, -0.2) is 0 Å². The van der Waals surface area contributed by atoms with Crippen molar-refractivity contribution in [2.75, 3.05) is 5.32 Å². The third-order valence-corrected chi connectivity index (χ3v) is 3.78. The summed E-state index contributed by atoms with van der Waals surface area (Å²) in [5.74, 6) is -0.697. The van der Waals surface area contributed by atoms with Crippen molar-refractivity contribution in [2.45, 2.75) is 0 Å². The first-order chi connectivity index (χ1) is 10.7. The summed E-state index contributed by atoms with van der Waals surface area (Å²) < 4.78 is 0. The molecule has 1 aliphatic heterocycles. The summed E-state index contributed by atoms with van der Waals surface area (Å²) in [6, 6.07) is 19.0. The number of fused-ring (bicyclic) bond motifs is 3. The zero-order chi connectivity index (χ0) is 15.1. The second-order valence-electron chi connectivity index (χ2n) is 5.17. The third kappa shape index (κ3) is 1.85. The molecular formula is C18H12N2O2. The van der Waals surface area contributed by atoms with E-state index >= 15 is 0 Å². The van der Waals surface area contributed by atoms with Crippen LogP contribution in [0.2, 0.25) is 0 Å². The van der Waals surface area contributed by atoms with Gasteiger partial charge in [0.05, 0.1) is 16.8 Å². The van der Waals surface area contributed by atoms with Crippen LogP contribution in [-0.2, 0) is 0 Å². The smallest absolute Gasteiger partial charge is 0.261 e. The van der Waals surface area contributed by atoms with Gasteiger partial charge in [0.1, 0.15) is 0 Å². The van der Waals surface area contributed by atoms with Gasteiger partial charge in [-0.2, -0.15) is 0 Å². The van der Waals surface area contributed by atoms with Gasteiger partial charge in [0.15, 0.2) is 0 Å². The number of carbonyl (C=O) groups excluding carboxylic acids is 2. The molecule has 4 nitrogen and oxygen atoms in total. The molecule has 0 aliphatic carbocycles. The molecular weight excluding hydrogens is 276 g/mol. The van der Waals surface area contributed by atoms with E-state index in [1.54, 1.807) is 0 Å². The van der Waals surface area contributed by atoms with Crippen LogP contribution in [0, 0.1) is 0 Å². The Morgan fingerprint density at radius 1 is 0.773 bits per heavy atom. The van der Waals surface area contributed by atoms with Gasteiger partial charge in [-0.3, -0.25) is 14.9 Å². The number of hydrogen-bond acceptors (Lipinski definition) is 3. The Labute approximate surface area is 126 Å². The van der Waals surface area contributed by atoms with Crippen LogP contribution in [-0.4, -0.2) is 11.8 Å². The fraction of sp³-hybridized carbons (Fsp3) is 0. The number of carbonyl (C=O) groups is 2. The predicted molar refractivity (Wildman–Crippen MR) is 85.5 cm³/mol. The number of nitrogens with one attached hydrogen (secondary N) is 2. The number of anilines is 2. The molecule has 0 radical (unpaired) electrons. The fourth-order valence-electron chi connectivity index (χ4n) is 2.82. The molecule has 0 spiro atoms. The molecule has 1 aliphatic rings. The first kappa shape index (κ1) is 12.6. The summed E-state index contributed by atoms with van der Waals surface area (Å²) in [5, 5.41) is 7.33. The van der Waals surface area contributed by atoms with E-state index in [4.69, 9.17) is 0 Å². The van der Waals surface area contributed by atoms with E-state index in [-0.39, 0.29) is 11.8 Å². The number of amides is 2. The van der Waals surface area contributed by atoms with Gasteiger partial charge < -0.3 is 5.32 Å². The lowest BCUT2D eigenvalue weighted by Crippen LogP contribution is -2.20. The van der Waals surface area contributed by atoms with Crippen molar-refractivity contribution in [3.05, 3.63) is 71.8 Å². The highest BCUT2D eigenvalue weighted by Gasteiger charge is 2.31. The molecule has 4 rings (SSSR count). The van der Waals surface area contributed by atoms with E-state index in [0.29, 0.717) is 16.8 Å². The van der Waals surface area contributed by atoms with E-state index in [0.717, 1.165) is 16.5 Å². The maximum absolute atomic E-state index is 12.2. The number of rotatable bonds is 2. The minimum Gasteiger partial charge on any atom is -0.355 e. The second-order valence-corrected chi connectivity index (χ2v) is 5.17. The maximum Gasteiger partial charge on any atom is 0.261 e. The van der Waals surface area contributed by atoms with Crippen LogP contribution in [0.25, 0.3) is 10.8 Å². The summed E-state index contributed by atoms with van der Waals surface area (Å²) in [5.41, 5.74) is 2.37. The van der Waals surface area contributed by atoms with Crippen LogP contribution in [0.5, 0.6) is 0 Å². The van der Waals surface area contributed by atoms with E-state index in [1.165, 1.54) is 0 Å². The maximum atomic E-state index is 12.2. The van der Waals surface area contributed by atoms with Crippen LogP contribution in [0.15, 0.2) is 60.7 Å². The van der Waals surface area contributed by atoms with E-state index in [1.807, 2.05) is 60.7 Å². The van der Waals surface area contributed by atoms with Crippen LogP contribution in [0.3, 0.4) is 0 Å². The molecule has 0 aromatic heterocycles. The Kier molecular flexibility index (Phi) is 2.69. The lowest BCUT2D eigenvalue weighted by atomic mass is 9.98. The van der Waals surface area contributed by atoms with Gasteiger partial charge in [0, 0.05) is 5.69 Å². The first-order valence-electron chi connectivity index (χ1n) is 6.97. The second kappa shape index (κ2) is 4.70. The van der Waals surface area contributed by atoms with Crippen molar-refractivity contribution in [1.82, 2.24) is 5.32 Å². The minimum absolute atomic E-state index is 0.340. The highest BCUT2D eigenvalue weighted by atomic mass is 16.2. The zero-order valence-corrected chi connectivity index (χ0v) is 11.6. The topological polar surface area (TPSA) is 58.2 Å². The zero-order valence-electron chi connectivity index (χ0n) is 11.6. The van der Waals surface area contributed by atoms with E-state index < -0.39 is 0 Å². The first-order valence-corrected chi connectivity index (χ1v) is 6.97. The molecule has 106 valence electrons. The van der Waals surface area contributed by atoms with Gasteiger partial charge in [-0.05, 0) is 29.0 Å². The number of imide groups is 1. The molecule has 4 heteroatoms. The summed E-state index contributed by atoms with van der Waals surface area (Å²) in [6.07, 6.45) is 0. The summed E-state index contributed by atoms with van der Waals surface area (Å²) in [6.45, 7) is 0.